The van der Waals surface area contributed by atoms with Gasteiger partial charge in [-0.2, -0.15) is 5.10 Å². The molecule has 0 bridgehead atoms. The van der Waals surface area contributed by atoms with Crippen molar-refractivity contribution in [1.29, 1.82) is 0 Å². The summed E-state index contributed by atoms with van der Waals surface area (Å²) in [4.78, 5) is 23.4. The van der Waals surface area contributed by atoms with Gasteiger partial charge < -0.3 is 5.32 Å². The van der Waals surface area contributed by atoms with Crippen LogP contribution in [0.4, 0.5) is 5.82 Å². The van der Waals surface area contributed by atoms with Gasteiger partial charge in [0, 0.05) is 17.1 Å². The minimum Gasteiger partial charge on any atom is -0.306 e. The minimum atomic E-state index is -0.0971. The lowest BCUT2D eigenvalue weighted by molar-refractivity contribution is 0.102. The lowest BCUT2D eigenvalue weighted by atomic mass is 9.96. The number of amides is 1. The molecule has 6 nitrogen and oxygen atoms in total. The van der Waals surface area contributed by atoms with Crippen molar-refractivity contribution in [3.63, 3.8) is 0 Å². The molecule has 136 valence electrons. The maximum atomic E-state index is 12.9. The predicted octanol–water partition coefficient (Wildman–Crippen LogP) is 4.57. The van der Waals surface area contributed by atoms with E-state index in [4.69, 9.17) is 0 Å². The van der Waals surface area contributed by atoms with Crippen LogP contribution in [0.2, 0.25) is 0 Å². The summed E-state index contributed by atoms with van der Waals surface area (Å²) in [6, 6.07) is 2.26. The summed E-state index contributed by atoms with van der Waals surface area (Å²) < 4.78 is 1.98. The highest BCUT2D eigenvalue weighted by atomic mass is 32.1. The van der Waals surface area contributed by atoms with Gasteiger partial charge in [-0.3, -0.25) is 4.79 Å². The lowest BCUT2D eigenvalue weighted by Gasteiger charge is -2.23. The Balaban J connectivity index is 1.64. The van der Waals surface area contributed by atoms with Gasteiger partial charge in [0.15, 0.2) is 0 Å². The second-order valence-electron chi connectivity index (χ2n) is 7.00. The van der Waals surface area contributed by atoms with E-state index in [0.29, 0.717) is 10.9 Å². The van der Waals surface area contributed by atoms with Crippen LogP contribution in [0.1, 0.15) is 64.9 Å². The van der Waals surface area contributed by atoms with E-state index in [9.17, 15) is 4.79 Å². The Bertz CT molecular complexity index is 968. The summed E-state index contributed by atoms with van der Waals surface area (Å²) in [6.07, 6.45) is 7.76. The molecule has 3 aromatic rings. The van der Waals surface area contributed by atoms with Crippen LogP contribution in [-0.2, 0) is 0 Å². The number of aryl methyl sites for hydroxylation is 3. The third-order valence-electron chi connectivity index (χ3n) is 5.12. The van der Waals surface area contributed by atoms with Crippen molar-refractivity contribution < 1.29 is 4.79 Å². The Kier molecular flexibility index (Phi) is 4.48. The first kappa shape index (κ1) is 17.1. The first-order valence-electron chi connectivity index (χ1n) is 9.14. The van der Waals surface area contributed by atoms with Gasteiger partial charge in [-0.15, -0.1) is 11.3 Å². The van der Waals surface area contributed by atoms with Crippen molar-refractivity contribution in [3.05, 3.63) is 34.2 Å². The number of hydrogen-bond acceptors (Lipinski definition) is 5. The van der Waals surface area contributed by atoms with Gasteiger partial charge in [0.05, 0.1) is 17.1 Å². The van der Waals surface area contributed by atoms with Crippen LogP contribution < -0.4 is 5.32 Å². The number of fused-ring (bicyclic) bond motifs is 1. The monoisotopic (exact) mass is 369 g/mol. The number of nitrogens with zero attached hydrogens (tertiary/aromatic N) is 4. The molecule has 0 atom stereocenters. The maximum Gasteiger partial charge on any atom is 0.267 e. The van der Waals surface area contributed by atoms with Crippen LogP contribution in [0.15, 0.2) is 12.3 Å². The first-order valence-corrected chi connectivity index (χ1v) is 9.95. The molecule has 7 heteroatoms. The predicted molar refractivity (Wildman–Crippen MR) is 104 cm³/mol. The standard InChI is InChI=1S/C19H23N5OS/c1-11-16-12(2)21-13(3)22-19(16)26-17(11)18(25)23-15-9-10-20-24(15)14-7-5-4-6-8-14/h9-10,14H,4-8H2,1-3H3,(H,23,25). The molecule has 3 aromatic heterocycles. The van der Waals surface area contributed by atoms with E-state index in [1.165, 1.54) is 30.6 Å². The highest BCUT2D eigenvalue weighted by molar-refractivity contribution is 7.20. The quantitative estimate of drug-likeness (QED) is 0.734. The van der Waals surface area contributed by atoms with Crippen molar-refractivity contribution in [3.8, 4) is 0 Å². The smallest absolute Gasteiger partial charge is 0.267 e. The number of thiophene rings is 1. The number of carbonyl (C=O) groups is 1. The molecule has 1 amide bonds. The largest absolute Gasteiger partial charge is 0.306 e. The van der Waals surface area contributed by atoms with Crippen LogP contribution in [-0.4, -0.2) is 25.7 Å². The van der Waals surface area contributed by atoms with Crippen LogP contribution in [0.3, 0.4) is 0 Å². The van der Waals surface area contributed by atoms with Gasteiger partial charge in [0.25, 0.3) is 5.91 Å². The summed E-state index contributed by atoms with van der Waals surface area (Å²) in [5, 5.41) is 8.52. The Morgan fingerprint density at radius 1 is 1.19 bits per heavy atom. The lowest BCUT2D eigenvalue weighted by Crippen LogP contribution is -2.20. The second-order valence-corrected chi connectivity index (χ2v) is 8.00. The summed E-state index contributed by atoms with van der Waals surface area (Å²) in [6.45, 7) is 5.82. The summed E-state index contributed by atoms with van der Waals surface area (Å²) in [5.41, 5.74) is 1.87. The molecule has 3 heterocycles. The number of rotatable bonds is 3. The van der Waals surface area contributed by atoms with Crippen molar-refractivity contribution in [2.24, 2.45) is 0 Å². The molecule has 4 rings (SSSR count). The van der Waals surface area contributed by atoms with E-state index in [1.54, 1.807) is 6.20 Å². The van der Waals surface area contributed by atoms with E-state index in [-0.39, 0.29) is 5.91 Å². The molecule has 0 unspecified atom stereocenters. The molecule has 0 aromatic carbocycles. The SMILES string of the molecule is Cc1nc(C)c2c(C)c(C(=O)Nc3ccnn3C3CCCCC3)sc2n1. The Labute approximate surface area is 156 Å². The number of hydrogen-bond donors (Lipinski definition) is 1. The third-order valence-corrected chi connectivity index (χ3v) is 6.31. The van der Waals surface area contributed by atoms with Crippen molar-refractivity contribution in [2.75, 3.05) is 5.32 Å². The highest BCUT2D eigenvalue weighted by Crippen LogP contribution is 2.33. The van der Waals surface area contributed by atoms with Crippen molar-refractivity contribution in [1.82, 2.24) is 19.7 Å². The van der Waals surface area contributed by atoms with Crippen LogP contribution in [0.25, 0.3) is 10.2 Å². The summed E-state index contributed by atoms with van der Waals surface area (Å²) >= 11 is 1.43. The molecular formula is C19H23N5OS. The fraction of sp³-hybridized carbons (Fsp3) is 0.474. The van der Waals surface area contributed by atoms with E-state index >= 15 is 0 Å². The van der Waals surface area contributed by atoms with Gasteiger partial charge in [-0.25, -0.2) is 14.6 Å². The normalized spacial score (nSPS) is 15.5. The topological polar surface area (TPSA) is 72.7 Å². The molecule has 0 spiro atoms. The van der Waals surface area contributed by atoms with Crippen LogP contribution in [0, 0.1) is 20.8 Å². The Hall–Kier alpha value is -2.28. The van der Waals surface area contributed by atoms with Gasteiger partial charge in [0.2, 0.25) is 0 Å². The summed E-state index contributed by atoms with van der Waals surface area (Å²) in [7, 11) is 0. The molecule has 26 heavy (non-hydrogen) atoms. The van der Waals surface area contributed by atoms with E-state index in [2.05, 4.69) is 20.4 Å². The molecular weight excluding hydrogens is 346 g/mol. The molecule has 1 N–H and O–H groups in total. The zero-order chi connectivity index (χ0) is 18.3. The van der Waals surface area contributed by atoms with Crippen LogP contribution >= 0.6 is 11.3 Å². The first-order chi connectivity index (χ1) is 12.5. The molecule has 1 saturated carbocycles. The number of anilines is 1. The average molecular weight is 369 g/mol. The van der Waals surface area contributed by atoms with Gasteiger partial charge >= 0.3 is 0 Å². The molecule has 0 radical (unpaired) electrons. The third kappa shape index (κ3) is 3.00. The molecule has 1 aliphatic rings. The molecule has 0 aliphatic heterocycles. The highest BCUT2D eigenvalue weighted by Gasteiger charge is 2.22. The van der Waals surface area contributed by atoms with Crippen LogP contribution in [0.5, 0.6) is 0 Å². The van der Waals surface area contributed by atoms with Gasteiger partial charge in [0.1, 0.15) is 16.5 Å². The van der Waals surface area contributed by atoms with Crippen molar-refractivity contribution in [2.45, 2.75) is 58.9 Å². The minimum absolute atomic E-state index is 0.0971. The van der Waals surface area contributed by atoms with E-state index < -0.39 is 0 Å². The number of carbonyl (C=O) groups excluding carboxylic acids is 1. The fourth-order valence-electron chi connectivity index (χ4n) is 3.89. The molecule has 1 fully saturated rings. The summed E-state index contributed by atoms with van der Waals surface area (Å²) in [5.74, 6) is 1.41. The fourth-order valence-corrected chi connectivity index (χ4v) is 5.07. The van der Waals surface area contributed by atoms with Crippen molar-refractivity contribution >= 4 is 33.3 Å². The number of aromatic nitrogens is 4. The Morgan fingerprint density at radius 2 is 1.96 bits per heavy atom. The van der Waals surface area contributed by atoms with E-state index in [1.807, 2.05) is 31.5 Å². The van der Waals surface area contributed by atoms with Gasteiger partial charge in [-0.1, -0.05) is 19.3 Å². The van der Waals surface area contributed by atoms with Gasteiger partial charge in [-0.05, 0) is 39.2 Å². The molecule has 0 saturated heterocycles. The number of nitrogens with one attached hydrogen (secondary N) is 1. The zero-order valence-corrected chi connectivity index (χ0v) is 16.2. The van der Waals surface area contributed by atoms with E-state index in [0.717, 1.165) is 46.0 Å². The average Bonchev–Trinajstić information content (AvgIpc) is 3.20. The molecule has 1 aliphatic carbocycles. The maximum absolute atomic E-state index is 12.9. The second kappa shape index (κ2) is 6.79. The zero-order valence-electron chi connectivity index (χ0n) is 15.4. The Morgan fingerprint density at radius 3 is 2.73 bits per heavy atom.